The van der Waals surface area contributed by atoms with Crippen molar-refractivity contribution in [2.45, 2.75) is 11.8 Å². The van der Waals surface area contributed by atoms with E-state index in [0.29, 0.717) is 5.69 Å². The van der Waals surface area contributed by atoms with Crippen molar-refractivity contribution in [2.75, 3.05) is 0 Å². The second kappa shape index (κ2) is 3.92. The molecule has 6 heteroatoms. The second-order valence-electron chi connectivity index (χ2n) is 3.36. The molecule has 0 bridgehead atoms. The Hall–Kier alpha value is -1.33. The number of aromatic amines is 1. The van der Waals surface area contributed by atoms with Gasteiger partial charge in [0.15, 0.2) is 0 Å². The fourth-order valence-electron chi connectivity index (χ4n) is 1.51. The first-order chi connectivity index (χ1) is 7.50. The van der Waals surface area contributed by atoms with Gasteiger partial charge in [-0.2, -0.15) is 5.10 Å². The van der Waals surface area contributed by atoms with E-state index >= 15 is 0 Å². The Labute approximate surface area is 97.7 Å². The van der Waals surface area contributed by atoms with Crippen LogP contribution in [0.5, 0.6) is 0 Å². The lowest BCUT2D eigenvalue weighted by atomic mass is 10.1. The number of hydrogen-bond donors (Lipinski definition) is 1. The molecule has 1 heterocycles. The van der Waals surface area contributed by atoms with Crippen LogP contribution in [-0.2, 0) is 9.05 Å². The molecule has 2 aromatic rings. The summed E-state index contributed by atoms with van der Waals surface area (Å²) >= 11 is 0. The van der Waals surface area contributed by atoms with Crippen LogP contribution in [0.2, 0.25) is 0 Å². The number of halogens is 1. The van der Waals surface area contributed by atoms with Gasteiger partial charge in [0.1, 0.15) is 4.90 Å². The first kappa shape index (κ1) is 11.2. The minimum Gasteiger partial charge on any atom is -0.276 e. The number of H-pyrrole nitrogens is 1. The van der Waals surface area contributed by atoms with E-state index in [4.69, 9.17) is 10.7 Å². The average Bonchev–Trinajstić information content (AvgIpc) is 2.66. The van der Waals surface area contributed by atoms with Gasteiger partial charge in [-0.05, 0) is 12.5 Å². The van der Waals surface area contributed by atoms with Gasteiger partial charge in [-0.3, -0.25) is 5.10 Å². The minimum atomic E-state index is -3.78. The summed E-state index contributed by atoms with van der Waals surface area (Å²) in [6.07, 6.45) is 1.21. The zero-order valence-corrected chi connectivity index (χ0v) is 10.0. The Morgan fingerprint density at radius 2 is 2.00 bits per heavy atom. The molecule has 0 unspecified atom stereocenters. The molecule has 0 spiro atoms. The van der Waals surface area contributed by atoms with Crippen molar-refractivity contribution in [1.82, 2.24) is 10.2 Å². The third kappa shape index (κ3) is 1.96. The van der Waals surface area contributed by atoms with Crippen LogP contribution in [0.1, 0.15) is 5.56 Å². The Balaban J connectivity index is 2.68. The van der Waals surface area contributed by atoms with Crippen molar-refractivity contribution < 1.29 is 8.42 Å². The van der Waals surface area contributed by atoms with Crippen LogP contribution in [-0.4, -0.2) is 18.6 Å². The molecule has 84 valence electrons. The van der Waals surface area contributed by atoms with E-state index in [0.717, 1.165) is 11.1 Å². The maximum atomic E-state index is 11.3. The quantitative estimate of drug-likeness (QED) is 0.839. The molecule has 0 aliphatic carbocycles. The third-order valence-electron chi connectivity index (χ3n) is 2.28. The molecular formula is C10H9ClN2O2S. The number of aromatic nitrogens is 2. The van der Waals surface area contributed by atoms with Gasteiger partial charge in [0, 0.05) is 16.2 Å². The Kier molecular flexibility index (Phi) is 2.73. The molecule has 0 amide bonds. The summed E-state index contributed by atoms with van der Waals surface area (Å²) in [5, 5.41) is 6.37. The van der Waals surface area contributed by atoms with Crippen LogP contribution in [0.4, 0.5) is 0 Å². The van der Waals surface area contributed by atoms with Crippen molar-refractivity contribution in [2.24, 2.45) is 0 Å². The van der Waals surface area contributed by atoms with E-state index in [2.05, 4.69) is 10.2 Å². The first-order valence-corrected chi connectivity index (χ1v) is 6.85. The smallest absolute Gasteiger partial charge is 0.265 e. The van der Waals surface area contributed by atoms with Gasteiger partial charge in [-0.25, -0.2) is 8.42 Å². The zero-order valence-electron chi connectivity index (χ0n) is 8.44. The number of benzene rings is 1. The summed E-state index contributed by atoms with van der Waals surface area (Å²) in [4.78, 5) is 0.00321. The lowest BCUT2D eigenvalue weighted by Crippen LogP contribution is -1.93. The van der Waals surface area contributed by atoms with E-state index in [1.165, 1.54) is 6.20 Å². The molecule has 0 saturated heterocycles. The molecule has 4 nitrogen and oxygen atoms in total. The monoisotopic (exact) mass is 256 g/mol. The van der Waals surface area contributed by atoms with Gasteiger partial charge in [-0.15, -0.1) is 0 Å². The van der Waals surface area contributed by atoms with Crippen LogP contribution in [0, 0.1) is 6.92 Å². The molecule has 1 N–H and O–H groups in total. The highest BCUT2D eigenvalue weighted by molar-refractivity contribution is 8.13. The molecule has 16 heavy (non-hydrogen) atoms. The van der Waals surface area contributed by atoms with Gasteiger partial charge in [0.2, 0.25) is 0 Å². The fraction of sp³-hybridized carbons (Fsp3) is 0.100. The molecular weight excluding hydrogens is 248 g/mol. The fourth-order valence-corrected chi connectivity index (χ4v) is 2.44. The van der Waals surface area contributed by atoms with E-state index in [1.54, 1.807) is 0 Å². The summed E-state index contributed by atoms with van der Waals surface area (Å²) in [7, 11) is 1.54. The maximum Gasteiger partial charge on any atom is 0.265 e. The molecule has 0 aliphatic heterocycles. The number of aryl methyl sites for hydroxylation is 1. The number of rotatable bonds is 2. The van der Waals surface area contributed by atoms with Crippen LogP contribution in [0.15, 0.2) is 35.4 Å². The predicted octanol–water partition coefficient (Wildman–Crippen LogP) is 2.31. The van der Waals surface area contributed by atoms with Crippen molar-refractivity contribution >= 4 is 19.7 Å². The summed E-state index contributed by atoms with van der Waals surface area (Å²) < 4.78 is 22.6. The predicted molar refractivity (Wildman–Crippen MR) is 61.8 cm³/mol. The molecule has 0 fully saturated rings. The van der Waals surface area contributed by atoms with Crippen molar-refractivity contribution in [3.63, 3.8) is 0 Å². The van der Waals surface area contributed by atoms with E-state index < -0.39 is 9.05 Å². The normalized spacial score (nSPS) is 11.6. The van der Waals surface area contributed by atoms with Crippen LogP contribution < -0.4 is 0 Å². The topological polar surface area (TPSA) is 62.8 Å². The highest BCUT2D eigenvalue weighted by Gasteiger charge is 2.19. The van der Waals surface area contributed by atoms with E-state index in [1.807, 2.05) is 31.2 Å². The number of hydrogen-bond acceptors (Lipinski definition) is 3. The summed E-state index contributed by atoms with van der Waals surface area (Å²) in [6, 6.07) is 7.41. The SMILES string of the molecule is Cc1ccccc1-c1[nH]ncc1S(=O)(=O)Cl. The van der Waals surface area contributed by atoms with E-state index in [9.17, 15) is 8.42 Å². The minimum absolute atomic E-state index is 0.00321. The average molecular weight is 257 g/mol. The standard InChI is InChI=1S/C10H9ClN2O2S/c1-7-4-2-3-5-8(7)10-9(6-12-13-10)16(11,14)15/h2-6H,1H3,(H,12,13). The van der Waals surface area contributed by atoms with Gasteiger partial charge < -0.3 is 0 Å². The maximum absolute atomic E-state index is 11.3. The van der Waals surface area contributed by atoms with Crippen molar-refractivity contribution in [3.8, 4) is 11.3 Å². The largest absolute Gasteiger partial charge is 0.276 e. The molecule has 0 saturated carbocycles. The third-order valence-corrected chi connectivity index (χ3v) is 3.62. The number of nitrogens with zero attached hydrogens (tertiary/aromatic N) is 1. The Morgan fingerprint density at radius 1 is 1.31 bits per heavy atom. The van der Waals surface area contributed by atoms with Gasteiger partial charge in [0.05, 0.1) is 11.9 Å². The second-order valence-corrected chi connectivity index (χ2v) is 5.90. The molecule has 1 aromatic carbocycles. The number of nitrogens with one attached hydrogen (secondary N) is 1. The highest BCUT2D eigenvalue weighted by Crippen LogP contribution is 2.29. The highest BCUT2D eigenvalue weighted by atomic mass is 35.7. The van der Waals surface area contributed by atoms with Crippen molar-refractivity contribution in [3.05, 3.63) is 36.0 Å². The summed E-state index contributed by atoms with van der Waals surface area (Å²) in [5.41, 5.74) is 2.15. The van der Waals surface area contributed by atoms with Crippen LogP contribution in [0.3, 0.4) is 0 Å². The van der Waals surface area contributed by atoms with Gasteiger partial charge in [-0.1, -0.05) is 24.3 Å². The Morgan fingerprint density at radius 3 is 2.62 bits per heavy atom. The molecule has 0 atom stereocenters. The van der Waals surface area contributed by atoms with E-state index in [-0.39, 0.29) is 4.90 Å². The van der Waals surface area contributed by atoms with Crippen LogP contribution >= 0.6 is 10.7 Å². The molecule has 0 radical (unpaired) electrons. The van der Waals surface area contributed by atoms with Gasteiger partial charge in [0.25, 0.3) is 9.05 Å². The Bertz CT molecular complexity index is 619. The lowest BCUT2D eigenvalue weighted by molar-refractivity contribution is 0.610. The molecule has 2 rings (SSSR count). The summed E-state index contributed by atoms with van der Waals surface area (Å²) in [5.74, 6) is 0. The zero-order chi connectivity index (χ0) is 11.8. The van der Waals surface area contributed by atoms with Gasteiger partial charge >= 0.3 is 0 Å². The lowest BCUT2D eigenvalue weighted by Gasteiger charge is -2.03. The van der Waals surface area contributed by atoms with Crippen LogP contribution in [0.25, 0.3) is 11.3 Å². The first-order valence-electron chi connectivity index (χ1n) is 4.54. The summed E-state index contributed by atoms with van der Waals surface area (Å²) in [6.45, 7) is 1.89. The molecule has 0 aliphatic rings. The van der Waals surface area contributed by atoms with Crippen molar-refractivity contribution in [1.29, 1.82) is 0 Å². The molecule has 1 aromatic heterocycles.